The van der Waals surface area contributed by atoms with Gasteiger partial charge in [-0.1, -0.05) is 6.07 Å². The Morgan fingerprint density at radius 2 is 2.14 bits per heavy atom. The second kappa shape index (κ2) is 3.26. The first kappa shape index (κ1) is 10.5. The Labute approximate surface area is 79.8 Å². The van der Waals surface area contributed by atoms with Gasteiger partial charge in [0.25, 0.3) is 0 Å². The van der Waals surface area contributed by atoms with Gasteiger partial charge in [0.1, 0.15) is 5.82 Å². The van der Waals surface area contributed by atoms with Crippen molar-refractivity contribution >= 4 is 11.7 Å². The van der Waals surface area contributed by atoms with Crippen molar-refractivity contribution in [1.82, 2.24) is 0 Å². The lowest BCUT2D eigenvalue weighted by Crippen LogP contribution is -2.31. The molecule has 1 rings (SSSR count). The molecule has 0 aliphatic rings. The van der Waals surface area contributed by atoms with Gasteiger partial charge in [-0.25, -0.2) is 9.18 Å². The zero-order chi connectivity index (χ0) is 10.9. The Balaban J connectivity index is 3.21. The normalized spacial score (nSPS) is 14.8. The average molecular weight is 199 g/mol. The lowest BCUT2D eigenvalue weighted by Gasteiger charge is -2.18. The molecule has 76 valence electrons. The number of anilines is 1. The van der Waals surface area contributed by atoms with E-state index in [-0.39, 0.29) is 11.3 Å². The third-order valence-corrected chi connectivity index (χ3v) is 1.98. The van der Waals surface area contributed by atoms with Crippen LogP contribution in [-0.4, -0.2) is 16.2 Å². The third kappa shape index (κ3) is 1.67. The number of aliphatic hydroxyl groups is 1. The molecule has 14 heavy (non-hydrogen) atoms. The van der Waals surface area contributed by atoms with Crippen molar-refractivity contribution in [2.24, 2.45) is 0 Å². The first-order valence-electron chi connectivity index (χ1n) is 3.87. The minimum atomic E-state index is -2.10. The molecule has 5 heteroatoms. The van der Waals surface area contributed by atoms with Crippen molar-refractivity contribution in [3.8, 4) is 0 Å². The molecular weight excluding hydrogens is 189 g/mol. The van der Waals surface area contributed by atoms with Gasteiger partial charge in [0, 0.05) is 0 Å². The molecule has 0 aliphatic carbocycles. The van der Waals surface area contributed by atoms with E-state index < -0.39 is 17.4 Å². The highest BCUT2D eigenvalue weighted by Gasteiger charge is 2.32. The first-order chi connectivity index (χ1) is 6.35. The van der Waals surface area contributed by atoms with Crippen LogP contribution < -0.4 is 5.73 Å². The van der Waals surface area contributed by atoms with Gasteiger partial charge in [0.2, 0.25) is 0 Å². The lowest BCUT2D eigenvalue weighted by molar-refractivity contribution is -0.157. The molecule has 0 amide bonds. The number of nitrogens with two attached hydrogens (primary N) is 1. The fraction of sp³-hybridized carbons (Fsp3) is 0.222. The molecule has 0 heterocycles. The fourth-order valence-corrected chi connectivity index (χ4v) is 0.953. The van der Waals surface area contributed by atoms with Gasteiger partial charge in [0.05, 0.1) is 5.69 Å². The highest BCUT2D eigenvalue weighted by atomic mass is 19.1. The van der Waals surface area contributed by atoms with Crippen molar-refractivity contribution in [1.29, 1.82) is 0 Å². The summed E-state index contributed by atoms with van der Waals surface area (Å²) in [6.45, 7) is 1.07. The molecule has 4 N–H and O–H groups in total. The van der Waals surface area contributed by atoms with Crippen LogP contribution in [0.5, 0.6) is 0 Å². The molecule has 0 radical (unpaired) electrons. The summed E-state index contributed by atoms with van der Waals surface area (Å²) in [6.07, 6.45) is 0. The number of halogens is 1. The number of rotatable bonds is 2. The molecule has 1 atom stereocenters. The summed E-state index contributed by atoms with van der Waals surface area (Å²) in [5.74, 6) is -2.19. The number of hydrogen-bond donors (Lipinski definition) is 3. The van der Waals surface area contributed by atoms with Crippen LogP contribution in [0, 0.1) is 5.82 Å². The van der Waals surface area contributed by atoms with Crippen LogP contribution >= 0.6 is 0 Å². The van der Waals surface area contributed by atoms with Crippen LogP contribution in [0.1, 0.15) is 12.5 Å². The Morgan fingerprint density at radius 1 is 1.57 bits per heavy atom. The van der Waals surface area contributed by atoms with E-state index in [4.69, 9.17) is 10.8 Å². The topological polar surface area (TPSA) is 83.5 Å². The molecule has 0 aromatic heterocycles. The summed E-state index contributed by atoms with van der Waals surface area (Å²) in [5, 5.41) is 18.1. The van der Waals surface area contributed by atoms with Gasteiger partial charge >= 0.3 is 5.97 Å². The van der Waals surface area contributed by atoms with Gasteiger partial charge < -0.3 is 15.9 Å². The summed E-state index contributed by atoms with van der Waals surface area (Å²) in [7, 11) is 0. The van der Waals surface area contributed by atoms with Crippen LogP contribution in [0.15, 0.2) is 18.2 Å². The number of carboxylic acids is 1. The summed E-state index contributed by atoms with van der Waals surface area (Å²) in [5.41, 5.74) is 2.97. The molecular formula is C9H10FNO3. The minimum absolute atomic E-state index is 0.0447. The van der Waals surface area contributed by atoms with Crippen LogP contribution in [0.3, 0.4) is 0 Å². The smallest absolute Gasteiger partial charge is 0.340 e. The number of carboxylic acid groups (broad SMARTS) is 1. The maximum atomic E-state index is 12.9. The zero-order valence-corrected chi connectivity index (χ0v) is 7.49. The molecule has 1 aromatic rings. The van der Waals surface area contributed by atoms with Gasteiger partial charge in [-0.05, 0) is 24.6 Å². The maximum absolute atomic E-state index is 12.9. The van der Waals surface area contributed by atoms with E-state index in [1.165, 1.54) is 12.1 Å². The molecule has 0 saturated heterocycles. The number of benzene rings is 1. The number of hydrogen-bond acceptors (Lipinski definition) is 3. The zero-order valence-electron chi connectivity index (χ0n) is 7.49. The summed E-state index contributed by atoms with van der Waals surface area (Å²) >= 11 is 0. The van der Waals surface area contributed by atoms with E-state index in [1.807, 2.05) is 0 Å². The van der Waals surface area contributed by atoms with E-state index in [0.29, 0.717) is 0 Å². The van der Waals surface area contributed by atoms with Gasteiger partial charge in [-0.15, -0.1) is 0 Å². The molecule has 0 bridgehead atoms. The Bertz CT molecular complexity index is 376. The largest absolute Gasteiger partial charge is 0.479 e. The Morgan fingerprint density at radius 3 is 2.57 bits per heavy atom. The van der Waals surface area contributed by atoms with E-state index in [9.17, 15) is 14.3 Å². The highest BCUT2D eigenvalue weighted by molar-refractivity contribution is 5.78. The Hall–Kier alpha value is -1.62. The summed E-state index contributed by atoms with van der Waals surface area (Å²) in [4.78, 5) is 10.6. The number of carbonyl (C=O) groups is 1. The number of nitrogen functional groups attached to an aromatic ring is 1. The first-order valence-corrected chi connectivity index (χ1v) is 3.87. The molecule has 1 unspecified atom stereocenters. The molecule has 0 spiro atoms. The highest BCUT2D eigenvalue weighted by Crippen LogP contribution is 2.23. The average Bonchev–Trinajstić information content (AvgIpc) is 2.09. The van der Waals surface area contributed by atoms with Gasteiger partial charge in [-0.3, -0.25) is 0 Å². The molecule has 1 aromatic carbocycles. The fourth-order valence-electron chi connectivity index (χ4n) is 0.953. The van der Waals surface area contributed by atoms with Crippen molar-refractivity contribution in [2.75, 3.05) is 5.73 Å². The molecule has 0 fully saturated rings. The summed E-state index contributed by atoms with van der Waals surface area (Å²) in [6, 6.07) is 3.39. The van der Waals surface area contributed by atoms with Crippen molar-refractivity contribution in [3.05, 3.63) is 29.6 Å². The van der Waals surface area contributed by atoms with Crippen LogP contribution in [0.25, 0.3) is 0 Å². The maximum Gasteiger partial charge on any atom is 0.340 e. The molecule has 0 aliphatic heterocycles. The quantitative estimate of drug-likeness (QED) is 0.612. The predicted octanol–water partition coefficient (Wildman–Crippen LogP) is 0.700. The third-order valence-electron chi connectivity index (χ3n) is 1.98. The standard InChI is InChI=1S/C9H10FNO3/c1-9(14,8(12)13)5-2-3-7(11)6(10)4-5/h2-4,14H,11H2,1H3,(H,12,13). The van der Waals surface area contributed by atoms with Crippen LogP contribution in [0.2, 0.25) is 0 Å². The molecule has 4 nitrogen and oxygen atoms in total. The summed E-state index contributed by atoms with van der Waals surface area (Å²) < 4.78 is 12.9. The van der Waals surface area contributed by atoms with Crippen molar-refractivity contribution in [2.45, 2.75) is 12.5 Å². The van der Waals surface area contributed by atoms with Crippen molar-refractivity contribution < 1.29 is 19.4 Å². The van der Waals surface area contributed by atoms with E-state index in [1.54, 1.807) is 0 Å². The van der Waals surface area contributed by atoms with E-state index in [0.717, 1.165) is 13.0 Å². The number of aliphatic carboxylic acids is 1. The minimum Gasteiger partial charge on any atom is -0.479 e. The van der Waals surface area contributed by atoms with Gasteiger partial charge in [-0.2, -0.15) is 0 Å². The van der Waals surface area contributed by atoms with Gasteiger partial charge in [0.15, 0.2) is 5.60 Å². The van der Waals surface area contributed by atoms with E-state index >= 15 is 0 Å². The van der Waals surface area contributed by atoms with Crippen molar-refractivity contribution in [3.63, 3.8) is 0 Å². The predicted molar refractivity (Wildman–Crippen MR) is 48.0 cm³/mol. The van der Waals surface area contributed by atoms with E-state index in [2.05, 4.69) is 0 Å². The second-order valence-corrected chi connectivity index (χ2v) is 3.11. The Kier molecular flexibility index (Phi) is 2.44. The van der Waals surface area contributed by atoms with Crippen LogP contribution in [0.4, 0.5) is 10.1 Å². The SMILES string of the molecule is CC(O)(C(=O)O)c1ccc(N)c(F)c1. The molecule has 0 saturated carbocycles. The van der Waals surface area contributed by atoms with Crippen LogP contribution in [-0.2, 0) is 10.4 Å². The monoisotopic (exact) mass is 199 g/mol. The lowest BCUT2D eigenvalue weighted by atomic mass is 9.96. The second-order valence-electron chi connectivity index (χ2n) is 3.11.